The maximum atomic E-state index is 11.3. The Bertz CT molecular complexity index is 896. The van der Waals surface area contributed by atoms with Crippen molar-refractivity contribution in [1.82, 2.24) is 14.8 Å². The SMILES string of the molecule is O=[N+]([O-])c1ccc(N2CCO[C@@H](Cn3cccn3)C2)c2ccncc12. The number of hydrogen-bond donors (Lipinski definition) is 0. The number of benzene rings is 1. The zero-order chi connectivity index (χ0) is 17.2. The van der Waals surface area contributed by atoms with Crippen molar-refractivity contribution in [3.8, 4) is 0 Å². The Labute approximate surface area is 143 Å². The summed E-state index contributed by atoms with van der Waals surface area (Å²) in [6, 6.07) is 7.08. The first-order valence-corrected chi connectivity index (χ1v) is 8.07. The van der Waals surface area contributed by atoms with Crippen LogP contribution in [0.25, 0.3) is 10.8 Å². The molecule has 8 nitrogen and oxygen atoms in total. The molecule has 0 spiro atoms. The van der Waals surface area contributed by atoms with Crippen LogP contribution in [0.3, 0.4) is 0 Å². The molecule has 3 aromatic rings. The molecule has 3 heterocycles. The van der Waals surface area contributed by atoms with Crippen LogP contribution in [0.4, 0.5) is 11.4 Å². The molecule has 1 fully saturated rings. The van der Waals surface area contributed by atoms with E-state index in [-0.39, 0.29) is 16.7 Å². The molecule has 25 heavy (non-hydrogen) atoms. The van der Waals surface area contributed by atoms with Gasteiger partial charge in [0.25, 0.3) is 5.69 Å². The number of aromatic nitrogens is 3. The second kappa shape index (κ2) is 6.48. The molecule has 0 bridgehead atoms. The number of nitrogens with zero attached hydrogens (tertiary/aromatic N) is 5. The monoisotopic (exact) mass is 339 g/mol. The Hall–Kier alpha value is -3.00. The van der Waals surface area contributed by atoms with E-state index in [1.165, 1.54) is 0 Å². The molecule has 0 unspecified atom stereocenters. The number of morpholine rings is 1. The average Bonchev–Trinajstić information content (AvgIpc) is 3.14. The lowest BCUT2D eigenvalue weighted by atomic mass is 10.1. The Morgan fingerprint density at radius 2 is 2.20 bits per heavy atom. The highest BCUT2D eigenvalue weighted by Crippen LogP contribution is 2.33. The van der Waals surface area contributed by atoms with Crippen LogP contribution in [-0.4, -0.2) is 45.5 Å². The summed E-state index contributed by atoms with van der Waals surface area (Å²) in [6.45, 7) is 2.73. The zero-order valence-corrected chi connectivity index (χ0v) is 13.5. The number of hydrogen-bond acceptors (Lipinski definition) is 6. The Kier molecular flexibility index (Phi) is 4.02. The van der Waals surface area contributed by atoms with Gasteiger partial charge in [-0.2, -0.15) is 5.10 Å². The highest BCUT2D eigenvalue weighted by molar-refractivity contribution is 5.99. The highest BCUT2D eigenvalue weighted by atomic mass is 16.6. The molecule has 0 saturated carbocycles. The smallest absolute Gasteiger partial charge is 0.278 e. The minimum absolute atomic E-state index is 0.0146. The molecule has 1 aliphatic rings. The first-order valence-electron chi connectivity index (χ1n) is 8.07. The van der Waals surface area contributed by atoms with E-state index in [0.29, 0.717) is 25.1 Å². The third-order valence-electron chi connectivity index (χ3n) is 4.40. The van der Waals surface area contributed by atoms with Gasteiger partial charge in [-0.3, -0.25) is 19.8 Å². The molecule has 1 saturated heterocycles. The second-order valence-electron chi connectivity index (χ2n) is 5.95. The third-order valence-corrected chi connectivity index (χ3v) is 4.40. The molecule has 4 rings (SSSR count). The van der Waals surface area contributed by atoms with Crippen LogP contribution >= 0.6 is 0 Å². The van der Waals surface area contributed by atoms with Crippen LogP contribution in [0.15, 0.2) is 49.1 Å². The fourth-order valence-electron chi connectivity index (χ4n) is 3.26. The molecule has 2 aromatic heterocycles. The van der Waals surface area contributed by atoms with Gasteiger partial charge in [0.15, 0.2) is 0 Å². The van der Waals surface area contributed by atoms with Gasteiger partial charge in [-0.15, -0.1) is 0 Å². The quantitative estimate of drug-likeness (QED) is 0.535. The number of rotatable bonds is 4. The van der Waals surface area contributed by atoms with Gasteiger partial charge in [0.1, 0.15) is 0 Å². The summed E-state index contributed by atoms with van der Waals surface area (Å²) >= 11 is 0. The molecular weight excluding hydrogens is 322 g/mol. The van der Waals surface area contributed by atoms with Crippen LogP contribution in [0.5, 0.6) is 0 Å². The summed E-state index contributed by atoms with van der Waals surface area (Å²) in [5.74, 6) is 0. The van der Waals surface area contributed by atoms with E-state index in [0.717, 1.165) is 17.6 Å². The van der Waals surface area contributed by atoms with E-state index >= 15 is 0 Å². The lowest BCUT2D eigenvalue weighted by Gasteiger charge is -2.35. The number of fused-ring (bicyclic) bond motifs is 1. The molecule has 0 radical (unpaired) electrons. The van der Waals surface area contributed by atoms with Crippen molar-refractivity contribution in [3.05, 3.63) is 59.2 Å². The predicted octanol–water partition coefficient (Wildman–Crippen LogP) is 2.24. The van der Waals surface area contributed by atoms with Crippen molar-refractivity contribution in [1.29, 1.82) is 0 Å². The van der Waals surface area contributed by atoms with E-state index in [4.69, 9.17) is 4.74 Å². The average molecular weight is 339 g/mol. The summed E-state index contributed by atoms with van der Waals surface area (Å²) in [4.78, 5) is 17.2. The van der Waals surface area contributed by atoms with Crippen molar-refractivity contribution < 1.29 is 9.66 Å². The molecule has 0 N–H and O–H groups in total. The maximum absolute atomic E-state index is 11.3. The second-order valence-corrected chi connectivity index (χ2v) is 5.95. The summed E-state index contributed by atoms with van der Waals surface area (Å²) in [6.07, 6.45) is 6.89. The van der Waals surface area contributed by atoms with Crippen LogP contribution in [-0.2, 0) is 11.3 Å². The topological polar surface area (TPSA) is 86.3 Å². The summed E-state index contributed by atoms with van der Waals surface area (Å²) in [7, 11) is 0. The molecule has 1 aliphatic heterocycles. The van der Waals surface area contributed by atoms with Gasteiger partial charge in [-0.05, 0) is 18.2 Å². The fraction of sp³-hybridized carbons (Fsp3) is 0.294. The summed E-state index contributed by atoms with van der Waals surface area (Å²) in [5.41, 5.74) is 1.05. The van der Waals surface area contributed by atoms with Crippen LogP contribution in [0.1, 0.15) is 0 Å². The van der Waals surface area contributed by atoms with E-state index in [9.17, 15) is 10.1 Å². The summed E-state index contributed by atoms with van der Waals surface area (Å²) < 4.78 is 7.71. The number of ether oxygens (including phenoxy) is 1. The zero-order valence-electron chi connectivity index (χ0n) is 13.5. The Morgan fingerprint density at radius 1 is 1.28 bits per heavy atom. The number of pyridine rings is 1. The van der Waals surface area contributed by atoms with Crippen molar-refractivity contribution >= 4 is 22.1 Å². The minimum Gasteiger partial charge on any atom is -0.373 e. The Morgan fingerprint density at radius 3 is 3.00 bits per heavy atom. The van der Waals surface area contributed by atoms with E-state index in [2.05, 4.69) is 15.0 Å². The first kappa shape index (κ1) is 15.5. The van der Waals surface area contributed by atoms with Gasteiger partial charge in [0.2, 0.25) is 0 Å². The molecule has 8 heteroatoms. The van der Waals surface area contributed by atoms with E-state index < -0.39 is 0 Å². The minimum atomic E-state index is -0.367. The molecule has 1 atom stereocenters. The number of anilines is 1. The highest BCUT2D eigenvalue weighted by Gasteiger charge is 2.24. The van der Waals surface area contributed by atoms with Crippen LogP contribution in [0.2, 0.25) is 0 Å². The molecular formula is C17H17N5O3. The Balaban J connectivity index is 1.65. The lowest BCUT2D eigenvalue weighted by molar-refractivity contribution is -0.383. The number of non-ortho nitro benzene ring substituents is 1. The van der Waals surface area contributed by atoms with Gasteiger partial charge in [-0.25, -0.2) is 0 Å². The van der Waals surface area contributed by atoms with E-state index in [1.54, 1.807) is 24.7 Å². The van der Waals surface area contributed by atoms with Gasteiger partial charge in [-0.1, -0.05) is 0 Å². The van der Waals surface area contributed by atoms with Crippen LogP contribution < -0.4 is 4.90 Å². The van der Waals surface area contributed by atoms with Crippen molar-refractivity contribution in [3.63, 3.8) is 0 Å². The molecule has 0 aliphatic carbocycles. The fourth-order valence-corrected chi connectivity index (χ4v) is 3.26. The summed E-state index contributed by atoms with van der Waals surface area (Å²) in [5, 5.41) is 16.9. The van der Waals surface area contributed by atoms with Gasteiger partial charge < -0.3 is 9.64 Å². The van der Waals surface area contributed by atoms with Crippen molar-refractivity contribution in [2.75, 3.05) is 24.6 Å². The van der Waals surface area contributed by atoms with Gasteiger partial charge >= 0.3 is 0 Å². The van der Waals surface area contributed by atoms with Gasteiger partial charge in [0.05, 0.1) is 29.6 Å². The standard InChI is InChI=1S/C17H17N5O3/c23-22(24)17-3-2-16(14-4-6-18-10-15(14)17)20-8-9-25-13(11-20)12-21-7-1-5-19-21/h1-7,10,13H,8-9,11-12H2/t13-/m1/s1. The van der Waals surface area contributed by atoms with Crippen molar-refractivity contribution in [2.24, 2.45) is 0 Å². The van der Waals surface area contributed by atoms with Crippen molar-refractivity contribution in [2.45, 2.75) is 12.6 Å². The molecule has 128 valence electrons. The normalized spacial score (nSPS) is 17.8. The number of nitro benzene ring substituents is 1. The van der Waals surface area contributed by atoms with Crippen LogP contribution in [0, 0.1) is 10.1 Å². The molecule has 0 amide bonds. The first-order chi connectivity index (χ1) is 12.2. The number of nitro groups is 1. The largest absolute Gasteiger partial charge is 0.373 e. The van der Waals surface area contributed by atoms with E-state index in [1.807, 2.05) is 29.1 Å². The third kappa shape index (κ3) is 3.03. The molecule has 1 aromatic carbocycles. The lowest BCUT2D eigenvalue weighted by Crippen LogP contribution is -2.44. The predicted molar refractivity (Wildman–Crippen MR) is 92.6 cm³/mol. The maximum Gasteiger partial charge on any atom is 0.278 e. The van der Waals surface area contributed by atoms with Gasteiger partial charge in [0, 0.05) is 55.0 Å².